The Kier molecular flexibility index (Phi) is 4.32. The predicted molar refractivity (Wildman–Crippen MR) is 89.6 cm³/mol. The number of carbonyl (C=O) groups is 2. The van der Waals surface area contributed by atoms with E-state index >= 15 is 0 Å². The van der Waals surface area contributed by atoms with Crippen LogP contribution in [0.15, 0.2) is 0 Å². The van der Waals surface area contributed by atoms with E-state index in [1.165, 1.54) is 38.5 Å². The first kappa shape index (κ1) is 16.6. The lowest BCUT2D eigenvalue weighted by Crippen LogP contribution is -2.59. The number of carbonyl (C=O) groups excluding carboxylic acids is 2. The van der Waals surface area contributed by atoms with Gasteiger partial charge in [-0.15, -0.1) is 0 Å². The summed E-state index contributed by atoms with van der Waals surface area (Å²) >= 11 is 0. The zero-order valence-corrected chi connectivity index (χ0v) is 14.6. The highest BCUT2D eigenvalue weighted by Gasteiger charge is 2.53. The van der Waals surface area contributed by atoms with Crippen LogP contribution in [0.2, 0.25) is 0 Å². The second-order valence-electron chi connectivity index (χ2n) is 8.74. The molecule has 0 radical (unpaired) electrons. The highest BCUT2D eigenvalue weighted by atomic mass is 16.2. The van der Waals surface area contributed by atoms with Crippen molar-refractivity contribution in [2.45, 2.75) is 71.4 Å². The molecule has 0 aromatic heterocycles. The maximum Gasteiger partial charge on any atom is 0.312 e. The Morgan fingerprint density at radius 1 is 0.957 bits per heavy atom. The topological polar surface area (TPSA) is 84.2 Å². The summed E-state index contributed by atoms with van der Waals surface area (Å²) < 4.78 is 0. The molecule has 4 fully saturated rings. The van der Waals surface area contributed by atoms with E-state index in [1.807, 2.05) is 13.8 Å². The van der Waals surface area contributed by atoms with Crippen molar-refractivity contribution >= 4 is 11.9 Å². The van der Waals surface area contributed by atoms with Crippen LogP contribution >= 0.6 is 0 Å². The monoisotopic (exact) mass is 321 g/mol. The van der Waals surface area contributed by atoms with Gasteiger partial charge in [-0.05, 0) is 74.5 Å². The Hall–Kier alpha value is -1.26. The standard InChI is InChI=1S/C18H31N3O2/c1-10(2)15(21-17(19)23)16(22)20-11(3)18-7-12-4-13(8-18)6-14(5-12)9-18/h10-15H,4-9H2,1-3H3,(H,20,22)(H3,19,21,23)/t11-,12?,13?,14?,15-,18?/m0/s1. The lowest BCUT2D eigenvalue weighted by Gasteiger charge is -2.59. The van der Waals surface area contributed by atoms with Crippen molar-refractivity contribution in [3.8, 4) is 0 Å². The minimum absolute atomic E-state index is 0.0195. The first-order valence-electron chi connectivity index (χ1n) is 9.15. The van der Waals surface area contributed by atoms with Gasteiger partial charge in [0.25, 0.3) is 0 Å². The molecule has 4 saturated carbocycles. The molecule has 4 rings (SSSR count). The molecule has 0 unspecified atom stereocenters. The molecule has 4 aliphatic rings. The molecule has 130 valence electrons. The van der Waals surface area contributed by atoms with Crippen LogP contribution in [0.1, 0.15) is 59.3 Å². The van der Waals surface area contributed by atoms with Gasteiger partial charge in [-0.25, -0.2) is 4.79 Å². The number of urea groups is 1. The molecular weight excluding hydrogens is 290 g/mol. The maximum absolute atomic E-state index is 12.6. The van der Waals surface area contributed by atoms with Gasteiger partial charge in [0, 0.05) is 6.04 Å². The summed E-state index contributed by atoms with van der Waals surface area (Å²) in [6.07, 6.45) is 7.98. The molecule has 4 N–H and O–H groups in total. The number of nitrogens with one attached hydrogen (secondary N) is 2. The third kappa shape index (κ3) is 3.20. The lowest BCUT2D eigenvalue weighted by atomic mass is 9.48. The van der Waals surface area contributed by atoms with Gasteiger partial charge >= 0.3 is 6.03 Å². The third-order valence-corrected chi connectivity index (χ3v) is 6.61. The van der Waals surface area contributed by atoms with Crippen molar-refractivity contribution in [1.29, 1.82) is 0 Å². The molecule has 4 aliphatic carbocycles. The van der Waals surface area contributed by atoms with Crippen LogP contribution in [0.3, 0.4) is 0 Å². The molecule has 0 aromatic carbocycles. The highest BCUT2D eigenvalue weighted by molar-refractivity contribution is 5.87. The maximum atomic E-state index is 12.6. The minimum atomic E-state index is -0.638. The Morgan fingerprint density at radius 2 is 1.43 bits per heavy atom. The molecule has 0 spiro atoms. The number of amides is 3. The van der Waals surface area contributed by atoms with Gasteiger partial charge in [0.2, 0.25) is 5.91 Å². The Bertz CT molecular complexity index is 453. The van der Waals surface area contributed by atoms with Crippen molar-refractivity contribution in [1.82, 2.24) is 10.6 Å². The van der Waals surface area contributed by atoms with Gasteiger partial charge in [0.05, 0.1) is 0 Å². The second kappa shape index (κ2) is 5.99. The zero-order chi connectivity index (χ0) is 16.8. The molecule has 0 saturated heterocycles. The molecule has 2 atom stereocenters. The second-order valence-corrected chi connectivity index (χ2v) is 8.74. The summed E-state index contributed by atoms with van der Waals surface area (Å²) in [7, 11) is 0. The van der Waals surface area contributed by atoms with E-state index < -0.39 is 12.1 Å². The number of hydrogen-bond acceptors (Lipinski definition) is 2. The predicted octanol–water partition coefficient (Wildman–Crippen LogP) is 2.40. The van der Waals surface area contributed by atoms with Gasteiger partial charge in [0.1, 0.15) is 6.04 Å². The molecule has 5 nitrogen and oxygen atoms in total. The normalized spacial score (nSPS) is 37.5. The van der Waals surface area contributed by atoms with Crippen LogP contribution in [-0.4, -0.2) is 24.0 Å². The first-order valence-corrected chi connectivity index (χ1v) is 9.15. The van der Waals surface area contributed by atoms with Gasteiger partial charge < -0.3 is 16.4 Å². The summed E-state index contributed by atoms with van der Waals surface area (Å²) in [6, 6.07) is -1.02. The Labute approximate surface area is 139 Å². The number of hydrogen-bond donors (Lipinski definition) is 3. The van der Waals surface area contributed by atoms with Crippen molar-refractivity contribution < 1.29 is 9.59 Å². The molecule has 5 heteroatoms. The summed E-state index contributed by atoms with van der Waals surface area (Å²) in [5.74, 6) is 2.52. The fraction of sp³-hybridized carbons (Fsp3) is 0.889. The van der Waals surface area contributed by atoms with E-state index in [0.717, 1.165) is 17.8 Å². The van der Waals surface area contributed by atoms with Crippen molar-refractivity contribution in [2.75, 3.05) is 0 Å². The minimum Gasteiger partial charge on any atom is -0.352 e. The molecule has 3 amide bonds. The van der Waals surface area contributed by atoms with Gasteiger partial charge in [-0.1, -0.05) is 13.8 Å². The van der Waals surface area contributed by atoms with Gasteiger partial charge in [0.15, 0.2) is 0 Å². The number of nitrogens with two attached hydrogens (primary N) is 1. The van der Waals surface area contributed by atoms with Crippen LogP contribution in [0.5, 0.6) is 0 Å². The SMILES string of the molecule is CC(C)[C@H](NC(N)=O)C(=O)N[C@@H](C)C12CC3CC(CC(C3)C1)C2. The van der Waals surface area contributed by atoms with Crippen LogP contribution in [0.4, 0.5) is 4.79 Å². The molecule has 0 aromatic rings. The lowest BCUT2D eigenvalue weighted by molar-refractivity contribution is -0.128. The zero-order valence-electron chi connectivity index (χ0n) is 14.6. The quantitative estimate of drug-likeness (QED) is 0.726. The average molecular weight is 321 g/mol. The Balaban J connectivity index is 1.67. The largest absolute Gasteiger partial charge is 0.352 e. The smallest absolute Gasteiger partial charge is 0.312 e. The summed E-state index contributed by atoms with van der Waals surface area (Å²) in [5.41, 5.74) is 5.49. The molecule has 23 heavy (non-hydrogen) atoms. The molecule has 0 heterocycles. The fourth-order valence-corrected chi connectivity index (χ4v) is 5.85. The first-order chi connectivity index (χ1) is 10.8. The van der Waals surface area contributed by atoms with Gasteiger partial charge in [-0.2, -0.15) is 0 Å². The molecular formula is C18H31N3O2. The number of primary amides is 1. The third-order valence-electron chi connectivity index (χ3n) is 6.61. The fourth-order valence-electron chi connectivity index (χ4n) is 5.85. The molecule has 4 bridgehead atoms. The van der Waals surface area contributed by atoms with E-state index in [0.29, 0.717) is 0 Å². The van der Waals surface area contributed by atoms with Crippen molar-refractivity contribution in [2.24, 2.45) is 34.8 Å². The van der Waals surface area contributed by atoms with E-state index in [1.54, 1.807) is 0 Å². The van der Waals surface area contributed by atoms with E-state index in [9.17, 15) is 9.59 Å². The van der Waals surface area contributed by atoms with Crippen LogP contribution < -0.4 is 16.4 Å². The van der Waals surface area contributed by atoms with Crippen LogP contribution in [0, 0.1) is 29.1 Å². The van der Waals surface area contributed by atoms with Crippen LogP contribution in [0.25, 0.3) is 0 Å². The number of rotatable bonds is 5. The van der Waals surface area contributed by atoms with Gasteiger partial charge in [-0.3, -0.25) is 4.79 Å². The summed E-state index contributed by atoms with van der Waals surface area (Å²) in [4.78, 5) is 23.8. The molecule has 0 aliphatic heterocycles. The van der Waals surface area contributed by atoms with Crippen molar-refractivity contribution in [3.63, 3.8) is 0 Å². The van der Waals surface area contributed by atoms with Crippen molar-refractivity contribution in [3.05, 3.63) is 0 Å². The van der Waals surface area contributed by atoms with E-state index in [2.05, 4.69) is 17.6 Å². The summed E-state index contributed by atoms with van der Waals surface area (Å²) in [5, 5.41) is 5.80. The van der Waals surface area contributed by atoms with E-state index in [4.69, 9.17) is 5.73 Å². The average Bonchev–Trinajstić information content (AvgIpc) is 2.42. The van der Waals surface area contributed by atoms with E-state index in [-0.39, 0.29) is 23.3 Å². The Morgan fingerprint density at radius 3 is 1.83 bits per heavy atom. The van der Waals surface area contributed by atoms with Crippen LogP contribution in [-0.2, 0) is 4.79 Å². The summed E-state index contributed by atoms with van der Waals surface area (Å²) in [6.45, 7) is 6.01. The highest BCUT2D eigenvalue weighted by Crippen LogP contribution is 2.61.